The number of carbonyl (C=O) groups is 1. The van der Waals surface area contributed by atoms with E-state index in [0.717, 1.165) is 31.3 Å². The summed E-state index contributed by atoms with van der Waals surface area (Å²) in [5.74, 6) is 0.365. The van der Waals surface area contributed by atoms with Crippen LogP contribution in [-0.2, 0) is 4.79 Å². The molecule has 25 heavy (non-hydrogen) atoms. The Hall–Kier alpha value is -1.23. The molecule has 4 nitrogen and oxygen atoms in total. The average Bonchev–Trinajstić information content (AvgIpc) is 2.51. The van der Waals surface area contributed by atoms with Gasteiger partial charge in [0.1, 0.15) is 5.60 Å². The average molecular weight is 350 g/mol. The van der Waals surface area contributed by atoms with Crippen molar-refractivity contribution >= 4 is 5.78 Å². The van der Waals surface area contributed by atoms with Gasteiger partial charge in [0.05, 0.1) is 12.2 Å². The van der Waals surface area contributed by atoms with E-state index in [1.54, 1.807) is 0 Å². The molecule has 1 fully saturated rings. The van der Waals surface area contributed by atoms with E-state index >= 15 is 0 Å². The molecule has 0 amide bonds. The SMILES string of the molecule is C=C1C(=CC=CCCCC(C)CCC(=O)C(C)(C)O)C[C@@H](O)C[C@H]1O. The summed E-state index contributed by atoms with van der Waals surface area (Å²) in [6.07, 6.45) is 10.0. The summed E-state index contributed by atoms with van der Waals surface area (Å²) in [5, 5.41) is 29.1. The molecule has 1 aliphatic carbocycles. The molecule has 142 valence electrons. The van der Waals surface area contributed by atoms with Crippen LogP contribution in [0.4, 0.5) is 0 Å². The lowest BCUT2D eigenvalue weighted by molar-refractivity contribution is -0.134. The fourth-order valence-electron chi connectivity index (χ4n) is 2.95. The Morgan fingerprint density at radius 3 is 2.68 bits per heavy atom. The smallest absolute Gasteiger partial charge is 0.163 e. The number of aliphatic hydroxyl groups is 3. The summed E-state index contributed by atoms with van der Waals surface area (Å²) in [4.78, 5) is 11.7. The van der Waals surface area contributed by atoms with Crippen molar-refractivity contribution in [2.45, 2.75) is 83.5 Å². The molecule has 0 aromatic carbocycles. The number of rotatable bonds is 9. The highest BCUT2D eigenvalue weighted by Gasteiger charge is 2.25. The van der Waals surface area contributed by atoms with Crippen molar-refractivity contribution in [3.05, 3.63) is 36.0 Å². The molecule has 0 saturated heterocycles. The van der Waals surface area contributed by atoms with Crippen LogP contribution in [0.5, 0.6) is 0 Å². The minimum Gasteiger partial charge on any atom is -0.393 e. The lowest BCUT2D eigenvalue weighted by atomic mass is 9.86. The number of hydrogen-bond acceptors (Lipinski definition) is 4. The third kappa shape index (κ3) is 8.13. The molecule has 1 saturated carbocycles. The monoisotopic (exact) mass is 350 g/mol. The predicted octanol–water partition coefficient (Wildman–Crippen LogP) is 3.47. The Labute approximate surface area is 152 Å². The zero-order valence-corrected chi connectivity index (χ0v) is 15.9. The van der Waals surface area contributed by atoms with E-state index in [1.165, 1.54) is 13.8 Å². The first kappa shape index (κ1) is 21.8. The molecule has 0 aromatic rings. The topological polar surface area (TPSA) is 77.8 Å². The van der Waals surface area contributed by atoms with Gasteiger partial charge in [0.15, 0.2) is 5.78 Å². The van der Waals surface area contributed by atoms with Crippen molar-refractivity contribution in [1.82, 2.24) is 0 Å². The molecular weight excluding hydrogens is 316 g/mol. The highest BCUT2D eigenvalue weighted by atomic mass is 16.3. The Morgan fingerprint density at radius 1 is 1.36 bits per heavy atom. The summed E-state index contributed by atoms with van der Waals surface area (Å²) < 4.78 is 0. The van der Waals surface area contributed by atoms with E-state index in [4.69, 9.17) is 0 Å². The zero-order valence-electron chi connectivity index (χ0n) is 15.9. The van der Waals surface area contributed by atoms with E-state index in [9.17, 15) is 20.1 Å². The Morgan fingerprint density at radius 2 is 2.04 bits per heavy atom. The second-order valence-electron chi connectivity index (χ2n) is 7.81. The Bertz CT molecular complexity index is 510. The normalized spacial score (nSPS) is 24.9. The summed E-state index contributed by atoms with van der Waals surface area (Å²) >= 11 is 0. The second kappa shape index (κ2) is 10.0. The first-order valence-corrected chi connectivity index (χ1v) is 9.28. The molecule has 0 heterocycles. The number of unbranched alkanes of at least 4 members (excludes halogenated alkanes) is 1. The van der Waals surface area contributed by atoms with Crippen molar-refractivity contribution in [1.29, 1.82) is 0 Å². The maximum Gasteiger partial charge on any atom is 0.163 e. The number of allylic oxidation sites excluding steroid dienone is 3. The van der Waals surface area contributed by atoms with E-state index in [2.05, 4.69) is 19.6 Å². The van der Waals surface area contributed by atoms with Crippen molar-refractivity contribution in [2.24, 2.45) is 5.92 Å². The van der Waals surface area contributed by atoms with Gasteiger partial charge in [-0.2, -0.15) is 0 Å². The van der Waals surface area contributed by atoms with Crippen molar-refractivity contribution in [3.8, 4) is 0 Å². The van der Waals surface area contributed by atoms with Gasteiger partial charge in [0, 0.05) is 12.8 Å². The number of carbonyl (C=O) groups excluding carboxylic acids is 1. The molecule has 0 aliphatic heterocycles. The van der Waals surface area contributed by atoms with E-state index in [0.29, 0.717) is 30.8 Å². The maximum absolute atomic E-state index is 11.7. The van der Waals surface area contributed by atoms with E-state index in [1.807, 2.05) is 12.2 Å². The quantitative estimate of drug-likeness (QED) is 0.557. The van der Waals surface area contributed by atoms with Gasteiger partial charge in [0.2, 0.25) is 0 Å². The predicted molar refractivity (Wildman–Crippen MR) is 101 cm³/mol. The van der Waals surface area contributed by atoms with Gasteiger partial charge in [-0.1, -0.05) is 38.2 Å². The van der Waals surface area contributed by atoms with Gasteiger partial charge in [-0.3, -0.25) is 4.79 Å². The minimum atomic E-state index is -1.22. The number of aliphatic hydroxyl groups excluding tert-OH is 2. The first-order chi connectivity index (χ1) is 11.6. The molecule has 3 N–H and O–H groups in total. The van der Waals surface area contributed by atoms with Gasteiger partial charge in [-0.25, -0.2) is 0 Å². The van der Waals surface area contributed by atoms with Crippen LogP contribution in [0.25, 0.3) is 0 Å². The highest BCUT2D eigenvalue weighted by Crippen LogP contribution is 2.28. The lowest BCUT2D eigenvalue weighted by Gasteiger charge is -2.26. The molecular formula is C21H34O4. The Balaban J connectivity index is 2.26. The summed E-state index contributed by atoms with van der Waals surface area (Å²) in [6, 6.07) is 0. The van der Waals surface area contributed by atoms with Crippen LogP contribution in [-0.4, -0.2) is 38.9 Å². The summed E-state index contributed by atoms with van der Waals surface area (Å²) in [7, 11) is 0. The zero-order chi connectivity index (χ0) is 19.0. The van der Waals surface area contributed by atoms with Crippen LogP contribution in [0.3, 0.4) is 0 Å². The van der Waals surface area contributed by atoms with E-state index < -0.39 is 17.8 Å². The molecule has 1 rings (SSSR count). The van der Waals surface area contributed by atoms with Crippen LogP contribution < -0.4 is 0 Å². The van der Waals surface area contributed by atoms with Crippen LogP contribution in [0.15, 0.2) is 36.0 Å². The standard InChI is InChI=1S/C21H34O4/c1-15(11-12-20(24)21(3,4)25)9-7-5-6-8-10-17-13-18(22)14-19(23)16(17)2/h6,8,10,15,18-19,22-23,25H,2,5,7,9,11-14H2,1,3-4H3/t15?,18-,19-/m1/s1. The number of hydrogen-bond donors (Lipinski definition) is 3. The minimum absolute atomic E-state index is 0.0945. The van der Waals surface area contributed by atoms with Crippen LogP contribution >= 0.6 is 0 Å². The second-order valence-corrected chi connectivity index (χ2v) is 7.81. The fraction of sp³-hybridized carbons (Fsp3) is 0.667. The number of ketones is 1. The third-order valence-electron chi connectivity index (χ3n) is 4.81. The molecule has 0 bridgehead atoms. The van der Waals surface area contributed by atoms with Gasteiger partial charge in [-0.05, 0) is 56.6 Å². The summed E-state index contributed by atoms with van der Waals surface area (Å²) in [5.41, 5.74) is 0.404. The number of Topliss-reactive ketones (excluding diaryl/α,β-unsaturated/α-hetero) is 1. The first-order valence-electron chi connectivity index (χ1n) is 9.28. The molecule has 3 atom stereocenters. The van der Waals surface area contributed by atoms with Crippen LogP contribution in [0.2, 0.25) is 0 Å². The van der Waals surface area contributed by atoms with Gasteiger partial charge in [-0.15, -0.1) is 0 Å². The van der Waals surface area contributed by atoms with Gasteiger partial charge >= 0.3 is 0 Å². The maximum atomic E-state index is 11.7. The van der Waals surface area contributed by atoms with Crippen LogP contribution in [0.1, 0.15) is 65.7 Å². The lowest BCUT2D eigenvalue weighted by Crippen LogP contribution is -2.31. The molecule has 0 spiro atoms. The van der Waals surface area contributed by atoms with E-state index in [-0.39, 0.29) is 5.78 Å². The van der Waals surface area contributed by atoms with Crippen LogP contribution in [0, 0.1) is 5.92 Å². The van der Waals surface area contributed by atoms with Crippen molar-refractivity contribution in [3.63, 3.8) is 0 Å². The largest absolute Gasteiger partial charge is 0.393 e. The third-order valence-corrected chi connectivity index (χ3v) is 4.81. The van der Waals surface area contributed by atoms with Gasteiger partial charge in [0.25, 0.3) is 0 Å². The molecule has 1 aliphatic rings. The Kier molecular flexibility index (Phi) is 8.77. The van der Waals surface area contributed by atoms with Crippen molar-refractivity contribution in [2.75, 3.05) is 0 Å². The molecule has 4 heteroatoms. The molecule has 0 radical (unpaired) electrons. The molecule has 1 unspecified atom stereocenters. The summed E-state index contributed by atoms with van der Waals surface area (Å²) in [6.45, 7) is 9.11. The van der Waals surface area contributed by atoms with Crippen molar-refractivity contribution < 1.29 is 20.1 Å². The highest BCUT2D eigenvalue weighted by molar-refractivity contribution is 5.86. The molecule has 0 aromatic heterocycles. The fourth-order valence-corrected chi connectivity index (χ4v) is 2.95. The van der Waals surface area contributed by atoms with Gasteiger partial charge < -0.3 is 15.3 Å².